The Balaban J connectivity index is 2.55. The first-order chi connectivity index (χ1) is 6.21. The molecular weight excluding hydrogens is 170 g/mol. The third kappa shape index (κ3) is 2.40. The predicted molar refractivity (Wildman–Crippen MR) is 49.3 cm³/mol. The van der Waals surface area contributed by atoms with Crippen molar-refractivity contribution in [2.24, 2.45) is 0 Å². The van der Waals surface area contributed by atoms with Crippen LogP contribution < -0.4 is 10.6 Å². The van der Waals surface area contributed by atoms with Crippen LogP contribution >= 0.6 is 0 Å². The zero-order chi connectivity index (χ0) is 9.73. The average Bonchev–Trinajstić information content (AvgIpc) is 2.16. The summed E-state index contributed by atoms with van der Waals surface area (Å²) in [6.07, 6.45) is 0.710. The van der Waals surface area contributed by atoms with Crippen LogP contribution in [-0.4, -0.2) is 57.4 Å². The monoisotopic (exact) mass is 187 g/mol. The Morgan fingerprint density at radius 1 is 1.69 bits per heavy atom. The highest BCUT2D eigenvalue weighted by atomic mass is 16.5. The van der Waals surface area contributed by atoms with Crippen LogP contribution in [-0.2, 0) is 9.53 Å². The van der Waals surface area contributed by atoms with E-state index in [0.717, 1.165) is 13.2 Å². The van der Waals surface area contributed by atoms with Gasteiger partial charge in [-0.25, -0.2) is 0 Å². The van der Waals surface area contributed by atoms with Crippen LogP contribution in [0.4, 0.5) is 0 Å². The Hall–Kier alpha value is -0.650. The highest BCUT2D eigenvalue weighted by molar-refractivity contribution is 5.46. The predicted octanol–water partition coefficient (Wildman–Crippen LogP) is -1.39. The normalized spacial score (nSPS) is 28.8. The number of nitrogens with zero attached hydrogens (tertiary/aromatic N) is 1. The fourth-order valence-electron chi connectivity index (χ4n) is 1.42. The summed E-state index contributed by atoms with van der Waals surface area (Å²) in [6, 6.07) is 0. The number of hydrogen-bond acceptors (Lipinski definition) is 4. The topological polar surface area (TPSA) is 53.6 Å². The van der Waals surface area contributed by atoms with E-state index in [1.165, 1.54) is 0 Å². The van der Waals surface area contributed by atoms with E-state index >= 15 is 0 Å². The fourth-order valence-corrected chi connectivity index (χ4v) is 1.42. The fraction of sp³-hybridized carbons (Fsp3) is 0.875. The molecule has 1 rings (SSSR count). The molecule has 0 saturated carbocycles. The van der Waals surface area contributed by atoms with Gasteiger partial charge in [0.1, 0.15) is 5.66 Å². The van der Waals surface area contributed by atoms with Crippen molar-refractivity contribution >= 4 is 6.41 Å². The molecule has 1 heterocycles. The lowest BCUT2D eigenvalue weighted by atomic mass is 10.1. The van der Waals surface area contributed by atoms with Crippen molar-refractivity contribution in [3.05, 3.63) is 0 Å². The standard InChI is InChI=1S/C8H17N3O2/c1-11(2)8(5-9-7-12)6-13-4-3-10-8/h7,10H,3-6H2,1-2H3,(H,9,12). The van der Waals surface area contributed by atoms with Gasteiger partial charge in [0.25, 0.3) is 0 Å². The summed E-state index contributed by atoms with van der Waals surface area (Å²) in [6.45, 7) is 2.71. The van der Waals surface area contributed by atoms with Crippen molar-refractivity contribution in [1.82, 2.24) is 15.5 Å². The molecule has 1 atom stereocenters. The van der Waals surface area contributed by atoms with E-state index < -0.39 is 0 Å². The van der Waals surface area contributed by atoms with E-state index in [2.05, 4.69) is 10.6 Å². The molecule has 5 nitrogen and oxygen atoms in total. The quantitative estimate of drug-likeness (QED) is 0.532. The number of ether oxygens (including phenoxy) is 1. The zero-order valence-electron chi connectivity index (χ0n) is 8.17. The Morgan fingerprint density at radius 2 is 2.46 bits per heavy atom. The molecule has 2 N–H and O–H groups in total. The highest BCUT2D eigenvalue weighted by Gasteiger charge is 2.34. The molecule has 1 saturated heterocycles. The summed E-state index contributed by atoms with van der Waals surface area (Å²) >= 11 is 0. The molecule has 1 unspecified atom stereocenters. The molecule has 76 valence electrons. The van der Waals surface area contributed by atoms with Crippen molar-refractivity contribution in [2.45, 2.75) is 5.66 Å². The van der Waals surface area contributed by atoms with Crippen LogP contribution in [0.2, 0.25) is 0 Å². The first-order valence-corrected chi connectivity index (χ1v) is 4.38. The van der Waals surface area contributed by atoms with Crippen LogP contribution in [0.15, 0.2) is 0 Å². The van der Waals surface area contributed by atoms with Crippen LogP contribution in [0.25, 0.3) is 0 Å². The molecule has 0 bridgehead atoms. The van der Waals surface area contributed by atoms with Crippen LogP contribution in [0.1, 0.15) is 0 Å². The van der Waals surface area contributed by atoms with Gasteiger partial charge in [-0.05, 0) is 14.1 Å². The number of carbonyl (C=O) groups excluding carboxylic acids is 1. The lowest BCUT2D eigenvalue weighted by Crippen LogP contribution is -2.67. The van der Waals surface area contributed by atoms with E-state index in [1.54, 1.807) is 0 Å². The summed E-state index contributed by atoms with van der Waals surface area (Å²) < 4.78 is 5.38. The van der Waals surface area contributed by atoms with Crippen molar-refractivity contribution in [3.63, 3.8) is 0 Å². The molecule has 13 heavy (non-hydrogen) atoms. The van der Waals surface area contributed by atoms with Gasteiger partial charge in [-0.3, -0.25) is 15.0 Å². The summed E-state index contributed by atoms with van der Waals surface area (Å²) in [5.41, 5.74) is -0.251. The lowest BCUT2D eigenvalue weighted by molar-refractivity contribution is -0.111. The van der Waals surface area contributed by atoms with Gasteiger partial charge >= 0.3 is 0 Å². The number of amides is 1. The lowest BCUT2D eigenvalue weighted by Gasteiger charge is -2.43. The second kappa shape index (κ2) is 4.55. The van der Waals surface area contributed by atoms with Gasteiger partial charge in [-0.2, -0.15) is 0 Å². The summed E-state index contributed by atoms with van der Waals surface area (Å²) in [4.78, 5) is 12.2. The van der Waals surface area contributed by atoms with Crippen molar-refractivity contribution in [3.8, 4) is 0 Å². The minimum absolute atomic E-state index is 0.251. The van der Waals surface area contributed by atoms with Gasteiger partial charge in [0.2, 0.25) is 6.41 Å². The van der Waals surface area contributed by atoms with E-state index in [0.29, 0.717) is 19.6 Å². The maximum Gasteiger partial charge on any atom is 0.207 e. The van der Waals surface area contributed by atoms with Crippen LogP contribution in [0.5, 0.6) is 0 Å². The molecule has 0 radical (unpaired) electrons. The smallest absolute Gasteiger partial charge is 0.207 e. The second-order valence-electron chi connectivity index (χ2n) is 3.40. The van der Waals surface area contributed by atoms with Crippen LogP contribution in [0.3, 0.4) is 0 Å². The minimum Gasteiger partial charge on any atom is -0.377 e. The van der Waals surface area contributed by atoms with E-state index in [-0.39, 0.29) is 5.66 Å². The molecular formula is C8H17N3O2. The van der Waals surface area contributed by atoms with E-state index in [1.807, 2.05) is 19.0 Å². The number of likely N-dealkylation sites (N-methyl/N-ethyl adjacent to an activating group) is 1. The molecule has 1 fully saturated rings. The molecule has 1 aliphatic rings. The van der Waals surface area contributed by atoms with Crippen molar-refractivity contribution in [2.75, 3.05) is 40.4 Å². The molecule has 5 heteroatoms. The van der Waals surface area contributed by atoms with Gasteiger partial charge in [0, 0.05) is 6.54 Å². The molecule has 0 aromatic rings. The molecule has 0 aliphatic carbocycles. The third-order valence-corrected chi connectivity index (χ3v) is 2.38. The number of hydrogen-bond donors (Lipinski definition) is 2. The van der Waals surface area contributed by atoms with Gasteiger partial charge in [-0.15, -0.1) is 0 Å². The first kappa shape index (κ1) is 10.4. The molecule has 0 aromatic heterocycles. The number of rotatable bonds is 4. The van der Waals surface area contributed by atoms with Crippen LogP contribution in [0, 0.1) is 0 Å². The minimum atomic E-state index is -0.251. The summed E-state index contributed by atoms with van der Waals surface area (Å²) in [7, 11) is 3.93. The molecule has 0 aromatic carbocycles. The zero-order valence-corrected chi connectivity index (χ0v) is 8.17. The molecule has 1 aliphatic heterocycles. The number of morpholine rings is 1. The van der Waals surface area contributed by atoms with E-state index in [4.69, 9.17) is 4.74 Å². The molecule has 0 spiro atoms. The Morgan fingerprint density at radius 3 is 2.92 bits per heavy atom. The van der Waals surface area contributed by atoms with Crippen molar-refractivity contribution < 1.29 is 9.53 Å². The Kier molecular flexibility index (Phi) is 3.65. The first-order valence-electron chi connectivity index (χ1n) is 4.38. The SMILES string of the molecule is CN(C)C1(CNC=O)COCCN1. The molecule has 1 amide bonds. The Bertz CT molecular complexity index is 167. The number of carbonyl (C=O) groups is 1. The summed E-state index contributed by atoms with van der Waals surface area (Å²) in [5.74, 6) is 0. The largest absolute Gasteiger partial charge is 0.377 e. The summed E-state index contributed by atoms with van der Waals surface area (Å²) in [5, 5.41) is 6.02. The van der Waals surface area contributed by atoms with Gasteiger partial charge in [-0.1, -0.05) is 0 Å². The second-order valence-corrected chi connectivity index (χ2v) is 3.40. The maximum absolute atomic E-state index is 10.2. The van der Waals surface area contributed by atoms with Crippen molar-refractivity contribution in [1.29, 1.82) is 0 Å². The van der Waals surface area contributed by atoms with Gasteiger partial charge in [0.15, 0.2) is 0 Å². The van der Waals surface area contributed by atoms with Gasteiger partial charge < -0.3 is 10.1 Å². The van der Waals surface area contributed by atoms with E-state index in [9.17, 15) is 4.79 Å². The van der Waals surface area contributed by atoms with Gasteiger partial charge in [0.05, 0.1) is 19.8 Å². The highest BCUT2D eigenvalue weighted by Crippen LogP contribution is 2.10. The third-order valence-electron chi connectivity index (χ3n) is 2.38. The number of nitrogens with one attached hydrogen (secondary N) is 2. The maximum atomic E-state index is 10.2. The average molecular weight is 187 g/mol. The Labute approximate surface area is 78.4 Å².